The fourth-order valence-corrected chi connectivity index (χ4v) is 2.64. The maximum Gasteiger partial charge on any atom is 0.0679 e. The summed E-state index contributed by atoms with van der Waals surface area (Å²) in [5, 5.41) is 12.9. The van der Waals surface area contributed by atoms with Crippen molar-refractivity contribution in [3.05, 3.63) is 57.9 Å². The van der Waals surface area contributed by atoms with Crippen LogP contribution in [0.5, 0.6) is 0 Å². The number of nitrogens with zero attached hydrogens (tertiary/aromatic N) is 2. The van der Waals surface area contributed by atoms with E-state index in [9.17, 15) is 0 Å². The number of rotatable bonds is 6. The Morgan fingerprint density at radius 1 is 1.19 bits per heavy atom. The average molecular weight is 304 g/mol. The molecule has 0 spiro atoms. The molecule has 2 rings (SSSR count). The molecule has 1 aromatic heterocycles. The van der Waals surface area contributed by atoms with Gasteiger partial charge in [0.1, 0.15) is 0 Å². The summed E-state index contributed by atoms with van der Waals surface area (Å²) >= 11 is 6.16. The number of halogens is 1. The van der Waals surface area contributed by atoms with Gasteiger partial charge in [0.25, 0.3) is 0 Å². The first-order valence-corrected chi connectivity index (χ1v) is 7.85. The van der Waals surface area contributed by atoms with E-state index in [0.29, 0.717) is 0 Å². The van der Waals surface area contributed by atoms with Gasteiger partial charge < -0.3 is 5.32 Å². The van der Waals surface area contributed by atoms with Crippen molar-refractivity contribution in [2.45, 2.75) is 39.7 Å². The Morgan fingerprint density at radius 3 is 2.67 bits per heavy atom. The Hall–Kier alpha value is -1.45. The van der Waals surface area contributed by atoms with Crippen molar-refractivity contribution in [1.29, 1.82) is 0 Å². The number of hydrogen-bond donors (Lipinski definition) is 1. The van der Waals surface area contributed by atoms with Gasteiger partial charge in [0.15, 0.2) is 0 Å². The third-order valence-corrected chi connectivity index (χ3v) is 3.69. The maximum absolute atomic E-state index is 6.16. The zero-order chi connectivity index (χ0) is 15.2. The molecule has 0 aliphatic heterocycles. The standard InChI is InChI=1S/C17H22ClN3/c1-4-9-19-17(13-7-6-8-14(18)11-13)15-10-12(3)20-21-16(15)5-2/h6-8,10-11,17,19H,4-5,9H2,1-3H3. The van der Waals surface area contributed by atoms with Gasteiger partial charge in [-0.05, 0) is 55.6 Å². The number of nitrogens with one attached hydrogen (secondary N) is 1. The van der Waals surface area contributed by atoms with Crippen LogP contribution in [0.3, 0.4) is 0 Å². The second-order valence-electron chi connectivity index (χ2n) is 5.18. The zero-order valence-electron chi connectivity index (χ0n) is 12.9. The average Bonchev–Trinajstić information content (AvgIpc) is 2.48. The van der Waals surface area contributed by atoms with Crippen molar-refractivity contribution in [1.82, 2.24) is 15.5 Å². The number of hydrogen-bond acceptors (Lipinski definition) is 3. The fraction of sp³-hybridized carbons (Fsp3) is 0.412. The first kappa shape index (κ1) is 15.9. The molecular weight excluding hydrogens is 282 g/mol. The molecular formula is C17H22ClN3. The van der Waals surface area contributed by atoms with Gasteiger partial charge in [0.2, 0.25) is 0 Å². The monoisotopic (exact) mass is 303 g/mol. The SMILES string of the molecule is CCCNC(c1cccc(Cl)c1)c1cc(C)nnc1CC. The molecule has 0 fully saturated rings. The van der Waals surface area contributed by atoms with Crippen molar-refractivity contribution in [2.24, 2.45) is 0 Å². The van der Waals surface area contributed by atoms with E-state index in [1.165, 1.54) is 5.56 Å². The number of aromatic nitrogens is 2. The molecule has 0 radical (unpaired) electrons. The molecule has 0 saturated heterocycles. The molecule has 0 amide bonds. The van der Waals surface area contributed by atoms with Crippen molar-refractivity contribution in [3.63, 3.8) is 0 Å². The highest BCUT2D eigenvalue weighted by Gasteiger charge is 2.18. The third kappa shape index (κ3) is 4.02. The molecule has 1 unspecified atom stereocenters. The lowest BCUT2D eigenvalue weighted by Gasteiger charge is -2.22. The summed E-state index contributed by atoms with van der Waals surface area (Å²) in [7, 11) is 0. The molecule has 0 bridgehead atoms. The maximum atomic E-state index is 6.16. The second kappa shape index (κ2) is 7.53. The minimum atomic E-state index is 0.104. The third-order valence-electron chi connectivity index (χ3n) is 3.45. The van der Waals surface area contributed by atoms with Gasteiger partial charge in [-0.2, -0.15) is 10.2 Å². The summed E-state index contributed by atoms with van der Waals surface area (Å²) in [5.41, 5.74) is 4.33. The summed E-state index contributed by atoms with van der Waals surface area (Å²) in [6.45, 7) is 7.20. The molecule has 112 valence electrons. The van der Waals surface area contributed by atoms with Crippen LogP contribution in [-0.2, 0) is 6.42 Å². The summed E-state index contributed by atoms with van der Waals surface area (Å²) in [4.78, 5) is 0. The van der Waals surface area contributed by atoms with E-state index >= 15 is 0 Å². The van der Waals surface area contributed by atoms with Crippen LogP contribution >= 0.6 is 11.6 Å². The molecule has 21 heavy (non-hydrogen) atoms. The number of benzene rings is 1. The van der Waals surface area contributed by atoms with Gasteiger partial charge in [-0.1, -0.05) is 37.6 Å². The molecule has 1 heterocycles. The summed E-state index contributed by atoms with van der Waals surface area (Å²) in [6, 6.07) is 10.2. The Labute approximate surface area is 131 Å². The normalized spacial score (nSPS) is 12.4. The van der Waals surface area contributed by atoms with Crippen LogP contribution in [0.4, 0.5) is 0 Å². The van der Waals surface area contributed by atoms with Crippen molar-refractivity contribution in [3.8, 4) is 0 Å². The lowest BCUT2D eigenvalue weighted by Crippen LogP contribution is -2.25. The molecule has 1 aromatic carbocycles. The first-order valence-electron chi connectivity index (χ1n) is 7.47. The van der Waals surface area contributed by atoms with E-state index in [0.717, 1.165) is 41.4 Å². The molecule has 0 saturated carbocycles. The Kier molecular flexibility index (Phi) is 5.71. The predicted molar refractivity (Wildman–Crippen MR) is 87.7 cm³/mol. The highest BCUT2D eigenvalue weighted by atomic mass is 35.5. The van der Waals surface area contributed by atoms with Gasteiger partial charge >= 0.3 is 0 Å². The molecule has 3 nitrogen and oxygen atoms in total. The topological polar surface area (TPSA) is 37.8 Å². The van der Waals surface area contributed by atoms with Gasteiger partial charge in [-0.25, -0.2) is 0 Å². The molecule has 0 aliphatic rings. The molecule has 1 atom stereocenters. The van der Waals surface area contributed by atoms with E-state index in [4.69, 9.17) is 11.6 Å². The largest absolute Gasteiger partial charge is 0.306 e. The molecule has 1 N–H and O–H groups in total. The number of aryl methyl sites for hydroxylation is 2. The first-order chi connectivity index (χ1) is 10.2. The minimum Gasteiger partial charge on any atom is -0.306 e. The summed E-state index contributed by atoms with van der Waals surface area (Å²) in [6.07, 6.45) is 1.95. The summed E-state index contributed by atoms with van der Waals surface area (Å²) < 4.78 is 0. The van der Waals surface area contributed by atoms with Crippen LogP contribution in [0.2, 0.25) is 5.02 Å². The van der Waals surface area contributed by atoms with E-state index in [-0.39, 0.29) is 6.04 Å². The highest BCUT2D eigenvalue weighted by molar-refractivity contribution is 6.30. The molecule has 0 aliphatic carbocycles. The van der Waals surface area contributed by atoms with Crippen LogP contribution in [-0.4, -0.2) is 16.7 Å². The second-order valence-corrected chi connectivity index (χ2v) is 5.62. The summed E-state index contributed by atoms with van der Waals surface area (Å²) in [5.74, 6) is 0. The van der Waals surface area contributed by atoms with E-state index in [1.807, 2.05) is 25.1 Å². The van der Waals surface area contributed by atoms with Gasteiger partial charge in [0.05, 0.1) is 17.4 Å². The van der Waals surface area contributed by atoms with Gasteiger partial charge in [0, 0.05) is 5.02 Å². The van der Waals surface area contributed by atoms with Crippen LogP contribution in [0, 0.1) is 6.92 Å². The zero-order valence-corrected chi connectivity index (χ0v) is 13.6. The molecule has 2 aromatic rings. The van der Waals surface area contributed by atoms with Crippen molar-refractivity contribution in [2.75, 3.05) is 6.54 Å². The van der Waals surface area contributed by atoms with Gasteiger partial charge in [-0.3, -0.25) is 0 Å². The van der Waals surface area contributed by atoms with Crippen molar-refractivity contribution < 1.29 is 0 Å². The van der Waals surface area contributed by atoms with E-state index < -0.39 is 0 Å². The molecule has 4 heteroatoms. The highest BCUT2D eigenvalue weighted by Crippen LogP contribution is 2.26. The van der Waals surface area contributed by atoms with Crippen LogP contribution in [0.15, 0.2) is 30.3 Å². The van der Waals surface area contributed by atoms with E-state index in [2.05, 4.69) is 41.5 Å². The Bertz CT molecular complexity index is 598. The lowest BCUT2D eigenvalue weighted by molar-refractivity contribution is 0.588. The Balaban J connectivity index is 2.47. The van der Waals surface area contributed by atoms with Crippen LogP contribution < -0.4 is 5.32 Å². The van der Waals surface area contributed by atoms with Gasteiger partial charge in [-0.15, -0.1) is 0 Å². The van der Waals surface area contributed by atoms with Crippen molar-refractivity contribution >= 4 is 11.6 Å². The lowest BCUT2D eigenvalue weighted by atomic mass is 9.96. The van der Waals surface area contributed by atoms with Crippen LogP contribution in [0.1, 0.15) is 48.8 Å². The predicted octanol–water partition coefficient (Wildman–Crippen LogP) is 4.09. The fourth-order valence-electron chi connectivity index (χ4n) is 2.44. The van der Waals surface area contributed by atoms with Crippen LogP contribution in [0.25, 0.3) is 0 Å². The minimum absolute atomic E-state index is 0.104. The smallest absolute Gasteiger partial charge is 0.0679 e. The Morgan fingerprint density at radius 2 is 2.00 bits per heavy atom. The van der Waals surface area contributed by atoms with E-state index in [1.54, 1.807) is 0 Å². The quantitative estimate of drug-likeness (QED) is 0.873.